The first-order chi connectivity index (χ1) is 7.24. The summed E-state index contributed by atoms with van der Waals surface area (Å²) in [5.41, 5.74) is 2.34. The van der Waals surface area contributed by atoms with Crippen molar-refractivity contribution in [2.75, 3.05) is 30.9 Å². The number of para-hydroxylation sites is 1. The van der Waals surface area contributed by atoms with Gasteiger partial charge in [0.05, 0.1) is 12.8 Å². The van der Waals surface area contributed by atoms with Gasteiger partial charge in [-0.1, -0.05) is 6.07 Å². The maximum Gasteiger partial charge on any atom is 0.144 e. The SMILES string of the molecule is COc1cccc2c1N(C)C(C)CCN2. The van der Waals surface area contributed by atoms with Crippen molar-refractivity contribution in [1.29, 1.82) is 0 Å². The first-order valence-electron chi connectivity index (χ1n) is 5.37. The lowest BCUT2D eigenvalue weighted by Crippen LogP contribution is -2.28. The molecule has 0 saturated heterocycles. The van der Waals surface area contributed by atoms with Crippen LogP contribution in [0.4, 0.5) is 11.4 Å². The lowest BCUT2D eigenvalue weighted by molar-refractivity contribution is 0.414. The maximum absolute atomic E-state index is 5.41. The Morgan fingerprint density at radius 2 is 2.27 bits per heavy atom. The summed E-state index contributed by atoms with van der Waals surface area (Å²) in [6, 6.07) is 6.67. The molecule has 0 bridgehead atoms. The van der Waals surface area contributed by atoms with E-state index in [1.165, 1.54) is 11.4 Å². The lowest BCUT2D eigenvalue weighted by atomic mass is 10.2. The molecular weight excluding hydrogens is 188 g/mol. The van der Waals surface area contributed by atoms with Crippen molar-refractivity contribution in [3.63, 3.8) is 0 Å². The Labute approximate surface area is 91.0 Å². The molecule has 2 rings (SSSR count). The Bertz CT molecular complexity index is 351. The lowest BCUT2D eigenvalue weighted by Gasteiger charge is -2.26. The summed E-state index contributed by atoms with van der Waals surface area (Å²) >= 11 is 0. The van der Waals surface area contributed by atoms with Crippen molar-refractivity contribution in [3.8, 4) is 5.75 Å². The molecule has 0 aliphatic carbocycles. The fraction of sp³-hybridized carbons (Fsp3) is 0.500. The van der Waals surface area contributed by atoms with Crippen LogP contribution in [0.25, 0.3) is 0 Å². The second kappa shape index (κ2) is 4.01. The molecule has 1 aromatic rings. The van der Waals surface area contributed by atoms with E-state index in [4.69, 9.17) is 4.74 Å². The number of rotatable bonds is 1. The summed E-state index contributed by atoms with van der Waals surface area (Å²) in [6.07, 6.45) is 1.15. The monoisotopic (exact) mass is 206 g/mol. The molecule has 0 saturated carbocycles. The zero-order valence-corrected chi connectivity index (χ0v) is 9.58. The Balaban J connectivity index is 2.49. The number of methoxy groups -OCH3 is 1. The average Bonchev–Trinajstić information content (AvgIpc) is 2.40. The Morgan fingerprint density at radius 3 is 3.00 bits per heavy atom. The van der Waals surface area contributed by atoms with Crippen LogP contribution >= 0.6 is 0 Å². The third kappa shape index (κ3) is 1.74. The zero-order valence-electron chi connectivity index (χ0n) is 9.58. The first-order valence-corrected chi connectivity index (χ1v) is 5.37. The molecule has 0 aromatic heterocycles. The first kappa shape index (κ1) is 10.1. The molecule has 1 heterocycles. The quantitative estimate of drug-likeness (QED) is 0.763. The van der Waals surface area contributed by atoms with Crippen LogP contribution < -0.4 is 15.0 Å². The minimum atomic E-state index is 0.537. The number of hydrogen-bond donors (Lipinski definition) is 1. The van der Waals surface area contributed by atoms with Crippen LogP contribution in [0.1, 0.15) is 13.3 Å². The summed E-state index contributed by atoms with van der Waals surface area (Å²) < 4.78 is 5.41. The van der Waals surface area contributed by atoms with Gasteiger partial charge in [-0.05, 0) is 25.5 Å². The van der Waals surface area contributed by atoms with Gasteiger partial charge in [0.25, 0.3) is 0 Å². The van der Waals surface area contributed by atoms with Crippen LogP contribution in [0.5, 0.6) is 5.75 Å². The van der Waals surface area contributed by atoms with Crippen LogP contribution in [0, 0.1) is 0 Å². The van der Waals surface area contributed by atoms with E-state index in [1.54, 1.807) is 7.11 Å². The van der Waals surface area contributed by atoms with Crippen molar-refractivity contribution < 1.29 is 4.74 Å². The van der Waals surface area contributed by atoms with Crippen LogP contribution in [0.2, 0.25) is 0 Å². The van der Waals surface area contributed by atoms with Crippen molar-refractivity contribution in [2.24, 2.45) is 0 Å². The highest BCUT2D eigenvalue weighted by Gasteiger charge is 2.20. The molecule has 15 heavy (non-hydrogen) atoms. The molecular formula is C12H18N2O. The highest BCUT2D eigenvalue weighted by Crippen LogP contribution is 2.38. The van der Waals surface area contributed by atoms with Gasteiger partial charge in [-0.25, -0.2) is 0 Å². The predicted octanol–water partition coefficient (Wildman–Crippen LogP) is 2.34. The molecule has 82 valence electrons. The molecule has 0 spiro atoms. The van der Waals surface area contributed by atoms with Crippen LogP contribution in [-0.2, 0) is 0 Å². The van der Waals surface area contributed by atoms with E-state index in [9.17, 15) is 0 Å². The molecule has 1 aromatic carbocycles. The number of nitrogens with zero attached hydrogens (tertiary/aromatic N) is 1. The Hall–Kier alpha value is -1.38. The highest BCUT2D eigenvalue weighted by molar-refractivity contribution is 5.77. The summed E-state index contributed by atoms with van der Waals surface area (Å²) in [4.78, 5) is 2.29. The molecule has 1 atom stereocenters. The normalized spacial score (nSPS) is 20.2. The van der Waals surface area contributed by atoms with E-state index in [1.807, 2.05) is 12.1 Å². The third-order valence-electron chi connectivity index (χ3n) is 3.11. The molecule has 0 fully saturated rings. The van der Waals surface area contributed by atoms with Gasteiger partial charge in [0.15, 0.2) is 0 Å². The number of nitrogens with one attached hydrogen (secondary N) is 1. The number of anilines is 2. The van der Waals surface area contributed by atoms with E-state index in [0.29, 0.717) is 6.04 Å². The number of ether oxygens (including phenoxy) is 1. The van der Waals surface area contributed by atoms with Crippen molar-refractivity contribution in [2.45, 2.75) is 19.4 Å². The number of fused-ring (bicyclic) bond motifs is 1. The summed E-state index contributed by atoms with van der Waals surface area (Å²) in [5, 5.41) is 3.44. The van der Waals surface area contributed by atoms with E-state index in [0.717, 1.165) is 18.7 Å². The van der Waals surface area contributed by atoms with Crippen LogP contribution in [-0.4, -0.2) is 26.7 Å². The average molecular weight is 206 g/mol. The van der Waals surface area contributed by atoms with Gasteiger partial charge in [0.2, 0.25) is 0 Å². The van der Waals surface area contributed by atoms with Gasteiger partial charge in [0.1, 0.15) is 11.4 Å². The van der Waals surface area contributed by atoms with Crippen molar-refractivity contribution in [3.05, 3.63) is 18.2 Å². The van der Waals surface area contributed by atoms with E-state index in [2.05, 4.69) is 30.3 Å². The second-order valence-electron chi connectivity index (χ2n) is 4.03. The van der Waals surface area contributed by atoms with Gasteiger partial charge < -0.3 is 15.0 Å². The van der Waals surface area contributed by atoms with Gasteiger partial charge >= 0.3 is 0 Å². The molecule has 1 unspecified atom stereocenters. The second-order valence-corrected chi connectivity index (χ2v) is 4.03. The molecule has 3 heteroatoms. The molecule has 1 aliphatic heterocycles. The predicted molar refractivity (Wildman–Crippen MR) is 64.0 cm³/mol. The van der Waals surface area contributed by atoms with E-state index in [-0.39, 0.29) is 0 Å². The number of benzene rings is 1. The standard InChI is InChI=1S/C12H18N2O/c1-9-7-8-13-10-5-4-6-11(15-3)12(10)14(9)2/h4-6,9,13H,7-8H2,1-3H3. The smallest absolute Gasteiger partial charge is 0.144 e. The summed E-state index contributed by atoms with van der Waals surface area (Å²) in [6.45, 7) is 3.26. The van der Waals surface area contributed by atoms with Crippen molar-refractivity contribution >= 4 is 11.4 Å². The van der Waals surface area contributed by atoms with Gasteiger partial charge in [-0.3, -0.25) is 0 Å². The van der Waals surface area contributed by atoms with Gasteiger partial charge in [-0.2, -0.15) is 0 Å². The highest BCUT2D eigenvalue weighted by atomic mass is 16.5. The van der Waals surface area contributed by atoms with Crippen LogP contribution in [0.3, 0.4) is 0 Å². The Morgan fingerprint density at radius 1 is 1.47 bits per heavy atom. The van der Waals surface area contributed by atoms with Crippen molar-refractivity contribution in [1.82, 2.24) is 0 Å². The van der Waals surface area contributed by atoms with Crippen LogP contribution in [0.15, 0.2) is 18.2 Å². The molecule has 0 radical (unpaired) electrons. The molecule has 0 amide bonds. The zero-order chi connectivity index (χ0) is 10.8. The van der Waals surface area contributed by atoms with Gasteiger partial charge in [0, 0.05) is 19.6 Å². The Kier molecular flexibility index (Phi) is 2.71. The largest absolute Gasteiger partial charge is 0.495 e. The van der Waals surface area contributed by atoms with E-state index >= 15 is 0 Å². The molecule has 1 aliphatic rings. The number of hydrogen-bond acceptors (Lipinski definition) is 3. The summed E-state index contributed by atoms with van der Waals surface area (Å²) in [5.74, 6) is 0.941. The minimum absolute atomic E-state index is 0.537. The topological polar surface area (TPSA) is 24.5 Å². The fourth-order valence-electron chi connectivity index (χ4n) is 2.02. The molecule has 1 N–H and O–H groups in total. The maximum atomic E-state index is 5.41. The van der Waals surface area contributed by atoms with Gasteiger partial charge in [-0.15, -0.1) is 0 Å². The minimum Gasteiger partial charge on any atom is -0.495 e. The third-order valence-corrected chi connectivity index (χ3v) is 3.11. The fourth-order valence-corrected chi connectivity index (χ4v) is 2.02. The summed E-state index contributed by atoms with van der Waals surface area (Å²) in [7, 11) is 3.85. The molecule has 3 nitrogen and oxygen atoms in total. The van der Waals surface area contributed by atoms with E-state index < -0.39 is 0 Å².